The molecule has 2 heterocycles. The highest BCUT2D eigenvalue weighted by atomic mass is 32.1. The third-order valence-electron chi connectivity index (χ3n) is 3.49. The van der Waals surface area contributed by atoms with Crippen LogP contribution in [0.4, 0.5) is 0 Å². The molecule has 0 amide bonds. The molecule has 1 aromatic carbocycles. The van der Waals surface area contributed by atoms with Crippen molar-refractivity contribution >= 4 is 22.2 Å². The summed E-state index contributed by atoms with van der Waals surface area (Å²) in [4.78, 5) is 1.32. The maximum absolute atomic E-state index is 4.76. The van der Waals surface area contributed by atoms with Gasteiger partial charge in [0.1, 0.15) is 0 Å². The predicted octanol–water partition coefficient (Wildman–Crippen LogP) is 3.72. The summed E-state index contributed by atoms with van der Waals surface area (Å²) in [5.41, 5.74) is 2.31. The van der Waals surface area contributed by atoms with Crippen molar-refractivity contribution < 1.29 is 0 Å². The van der Waals surface area contributed by atoms with Gasteiger partial charge in [-0.3, -0.25) is 4.68 Å². The fourth-order valence-corrected chi connectivity index (χ4v) is 3.33. The summed E-state index contributed by atoms with van der Waals surface area (Å²) in [5, 5.41) is 11.7. The highest BCUT2D eigenvalue weighted by Crippen LogP contribution is 2.30. The Labute approximate surface area is 123 Å². The van der Waals surface area contributed by atoms with Gasteiger partial charge in [-0.05, 0) is 30.5 Å². The lowest BCUT2D eigenvalue weighted by Crippen LogP contribution is -2.23. The number of hydrogen-bond acceptors (Lipinski definition) is 3. The average molecular weight is 285 g/mol. The van der Waals surface area contributed by atoms with Crippen LogP contribution in [0.3, 0.4) is 0 Å². The number of thiophene rings is 1. The monoisotopic (exact) mass is 285 g/mol. The molecule has 4 heteroatoms. The van der Waals surface area contributed by atoms with Gasteiger partial charge in [-0.1, -0.05) is 31.2 Å². The van der Waals surface area contributed by atoms with Crippen molar-refractivity contribution in [1.82, 2.24) is 15.1 Å². The molecule has 0 saturated heterocycles. The van der Waals surface area contributed by atoms with Gasteiger partial charge in [-0.15, -0.1) is 11.3 Å². The fourth-order valence-electron chi connectivity index (χ4n) is 2.53. The quantitative estimate of drug-likeness (QED) is 0.774. The van der Waals surface area contributed by atoms with Crippen LogP contribution in [0.1, 0.15) is 30.0 Å². The summed E-state index contributed by atoms with van der Waals surface area (Å²) in [6.07, 6.45) is 1.12. The van der Waals surface area contributed by atoms with Crippen LogP contribution >= 0.6 is 11.3 Å². The highest BCUT2D eigenvalue weighted by molar-refractivity contribution is 7.10. The minimum atomic E-state index is 0.182. The minimum Gasteiger partial charge on any atom is -0.304 e. The highest BCUT2D eigenvalue weighted by Gasteiger charge is 2.20. The van der Waals surface area contributed by atoms with Crippen molar-refractivity contribution in [3.63, 3.8) is 0 Å². The molecule has 0 aliphatic rings. The molecule has 0 aliphatic carbocycles. The first kappa shape index (κ1) is 13.3. The molecule has 0 bridgehead atoms. The van der Waals surface area contributed by atoms with E-state index in [1.807, 2.05) is 11.7 Å². The number of fused-ring (bicyclic) bond motifs is 1. The molecule has 20 heavy (non-hydrogen) atoms. The van der Waals surface area contributed by atoms with Gasteiger partial charge in [-0.2, -0.15) is 5.10 Å². The maximum atomic E-state index is 4.76. The first-order valence-electron chi connectivity index (χ1n) is 6.99. The van der Waals surface area contributed by atoms with Crippen LogP contribution in [0.5, 0.6) is 0 Å². The van der Waals surface area contributed by atoms with Crippen molar-refractivity contribution in [2.45, 2.75) is 19.4 Å². The van der Waals surface area contributed by atoms with E-state index < -0.39 is 0 Å². The van der Waals surface area contributed by atoms with E-state index in [0.29, 0.717) is 0 Å². The van der Waals surface area contributed by atoms with E-state index in [9.17, 15) is 0 Å². The van der Waals surface area contributed by atoms with Gasteiger partial charge >= 0.3 is 0 Å². The Morgan fingerprint density at radius 1 is 1.25 bits per heavy atom. The number of hydrogen-bond donors (Lipinski definition) is 1. The van der Waals surface area contributed by atoms with Crippen LogP contribution in [0, 0.1) is 0 Å². The molecule has 1 N–H and O–H groups in total. The lowest BCUT2D eigenvalue weighted by Gasteiger charge is -2.15. The van der Waals surface area contributed by atoms with Crippen LogP contribution in [0.15, 0.2) is 41.8 Å². The topological polar surface area (TPSA) is 29.9 Å². The van der Waals surface area contributed by atoms with Gasteiger partial charge in [0, 0.05) is 17.3 Å². The predicted molar refractivity (Wildman–Crippen MR) is 85.2 cm³/mol. The second-order valence-electron chi connectivity index (χ2n) is 4.93. The van der Waals surface area contributed by atoms with Crippen LogP contribution in [-0.4, -0.2) is 16.3 Å². The van der Waals surface area contributed by atoms with Crippen LogP contribution in [0.25, 0.3) is 10.9 Å². The molecule has 0 saturated carbocycles. The Hall–Kier alpha value is -1.65. The zero-order valence-electron chi connectivity index (χ0n) is 11.8. The number of aryl methyl sites for hydroxylation is 1. The second-order valence-corrected chi connectivity index (χ2v) is 5.91. The van der Waals surface area contributed by atoms with Gasteiger partial charge in [0.05, 0.1) is 17.3 Å². The third kappa shape index (κ3) is 2.37. The maximum Gasteiger partial charge on any atom is 0.0926 e. The summed E-state index contributed by atoms with van der Waals surface area (Å²) in [5.74, 6) is 0. The van der Waals surface area contributed by atoms with Gasteiger partial charge < -0.3 is 5.32 Å². The molecule has 0 fully saturated rings. The summed E-state index contributed by atoms with van der Waals surface area (Å²) in [6.45, 7) is 3.18. The summed E-state index contributed by atoms with van der Waals surface area (Å²) in [7, 11) is 2.01. The number of benzene rings is 1. The lowest BCUT2D eigenvalue weighted by molar-refractivity contribution is 0.585. The second kappa shape index (κ2) is 5.77. The largest absolute Gasteiger partial charge is 0.304 e. The lowest BCUT2D eigenvalue weighted by atomic mass is 10.1. The number of para-hydroxylation sites is 1. The van der Waals surface area contributed by atoms with Gasteiger partial charge in [0.15, 0.2) is 0 Å². The zero-order valence-corrected chi connectivity index (χ0v) is 12.7. The Morgan fingerprint density at radius 2 is 2.10 bits per heavy atom. The van der Waals surface area contributed by atoms with Gasteiger partial charge in [0.2, 0.25) is 0 Å². The van der Waals surface area contributed by atoms with Crippen molar-refractivity contribution in [3.8, 4) is 0 Å². The average Bonchev–Trinajstić information content (AvgIpc) is 3.10. The van der Waals surface area contributed by atoms with E-state index in [4.69, 9.17) is 5.10 Å². The Morgan fingerprint density at radius 3 is 2.85 bits per heavy atom. The number of nitrogens with zero attached hydrogens (tertiary/aromatic N) is 2. The summed E-state index contributed by atoms with van der Waals surface area (Å²) < 4.78 is 1.97. The fraction of sp³-hybridized carbons (Fsp3) is 0.312. The molecule has 0 spiro atoms. The molecule has 1 unspecified atom stereocenters. The minimum absolute atomic E-state index is 0.182. The van der Waals surface area contributed by atoms with E-state index in [2.05, 4.69) is 54.0 Å². The molecule has 2 aromatic heterocycles. The van der Waals surface area contributed by atoms with Crippen molar-refractivity contribution in [1.29, 1.82) is 0 Å². The van der Waals surface area contributed by atoms with Gasteiger partial charge in [-0.25, -0.2) is 0 Å². The number of rotatable bonds is 5. The first-order valence-corrected chi connectivity index (χ1v) is 7.87. The molecular formula is C16H19N3S. The van der Waals surface area contributed by atoms with E-state index >= 15 is 0 Å². The Kier molecular flexibility index (Phi) is 3.85. The molecule has 1 atom stereocenters. The Bertz CT molecular complexity index is 685. The SMILES string of the molecule is CCCNC(c1cccs1)c1nn(C)c2ccccc12. The molecular weight excluding hydrogens is 266 g/mol. The third-order valence-corrected chi connectivity index (χ3v) is 4.42. The number of aromatic nitrogens is 2. The molecule has 3 rings (SSSR count). The van der Waals surface area contributed by atoms with E-state index in [1.54, 1.807) is 11.3 Å². The van der Waals surface area contributed by atoms with Crippen LogP contribution in [-0.2, 0) is 7.05 Å². The van der Waals surface area contributed by atoms with Crippen LogP contribution < -0.4 is 5.32 Å². The van der Waals surface area contributed by atoms with Crippen molar-refractivity contribution in [2.75, 3.05) is 6.54 Å². The van der Waals surface area contributed by atoms with Crippen LogP contribution in [0.2, 0.25) is 0 Å². The van der Waals surface area contributed by atoms with E-state index in [1.165, 1.54) is 15.8 Å². The Balaban J connectivity index is 2.09. The van der Waals surface area contributed by atoms with E-state index in [0.717, 1.165) is 18.7 Å². The molecule has 0 radical (unpaired) electrons. The van der Waals surface area contributed by atoms with E-state index in [-0.39, 0.29) is 6.04 Å². The summed E-state index contributed by atoms with van der Waals surface area (Å²) in [6, 6.07) is 12.9. The molecule has 104 valence electrons. The zero-order chi connectivity index (χ0) is 13.9. The molecule has 3 nitrogen and oxygen atoms in total. The normalized spacial score (nSPS) is 12.9. The molecule has 3 aromatic rings. The number of nitrogens with one attached hydrogen (secondary N) is 1. The first-order chi connectivity index (χ1) is 9.81. The van der Waals surface area contributed by atoms with Crippen molar-refractivity contribution in [3.05, 3.63) is 52.3 Å². The van der Waals surface area contributed by atoms with Gasteiger partial charge in [0.25, 0.3) is 0 Å². The standard InChI is InChI=1S/C16H19N3S/c1-3-10-17-16(14-9-6-11-20-14)15-12-7-4-5-8-13(12)19(2)18-15/h4-9,11,16-17H,3,10H2,1-2H3. The smallest absolute Gasteiger partial charge is 0.0926 e. The molecule has 0 aliphatic heterocycles. The van der Waals surface area contributed by atoms with Crippen molar-refractivity contribution in [2.24, 2.45) is 7.05 Å². The summed E-state index contributed by atoms with van der Waals surface area (Å²) >= 11 is 1.78.